The van der Waals surface area contributed by atoms with E-state index in [1.54, 1.807) is 4.90 Å². The van der Waals surface area contributed by atoms with E-state index in [1.165, 1.54) is 0 Å². The summed E-state index contributed by atoms with van der Waals surface area (Å²) in [5, 5.41) is 21.3. The van der Waals surface area contributed by atoms with Crippen LogP contribution in [0.15, 0.2) is 0 Å². The fourth-order valence-corrected chi connectivity index (χ4v) is 2.03. The van der Waals surface area contributed by atoms with Gasteiger partial charge >= 0.3 is 7.12 Å². The van der Waals surface area contributed by atoms with E-state index in [0.717, 1.165) is 19.3 Å². The van der Waals surface area contributed by atoms with Crippen LogP contribution < -0.4 is 5.32 Å². The van der Waals surface area contributed by atoms with E-state index >= 15 is 0 Å². The zero-order valence-corrected chi connectivity index (χ0v) is 8.72. The van der Waals surface area contributed by atoms with Crippen LogP contribution in [0.1, 0.15) is 25.7 Å². The van der Waals surface area contributed by atoms with Crippen LogP contribution in [-0.4, -0.2) is 53.0 Å². The van der Waals surface area contributed by atoms with E-state index in [2.05, 4.69) is 5.32 Å². The molecule has 15 heavy (non-hydrogen) atoms. The Balaban J connectivity index is 1.81. The molecule has 1 saturated carbocycles. The van der Waals surface area contributed by atoms with Crippen molar-refractivity contribution >= 4 is 13.0 Å². The van der Waals surface area contributed by atoms with Crippen LogP contribution in [0, 0.1) is 0 Å². The van der Waals surface area contributed by atoms with Gasteiger partial charge in [0, 0.05) is 12.6 Å². The highest BCUT2D eigenvalue weighted by atomic mass is 16.4. The first kappa shape index (κ1) is 10.9. The Morgan fingerprint density at radius 2 is 2.13 bits per heavy atom. The number of nitrogens with one attached hydrogen (secondary N) is 1. The Bertz CT molecular complexity index is 246. The topological polar surface area (TPSA) is 72.8 Å². The summed E-state index contributed by atoms with van der Waals surface area (Å²) in [6, 6.07) is 0.508. The first-order valence-electron chi connectivity index (χ1n) is 5.57. The second-order valence-electron chi connectivity index (χ2n) is 4.37. The Morgan fingerprint density at radius 1 is 1.40 bits per heavy atom. The van der Waals surface area contributed by atoms with Crippen LogP contribution in [0.2, 0.25) is 0 Å². The Labute approximate surface area is 89.6 Å². The quantitative estimate of drug-likeness (QED) is 0.508. The van der Waals surface area contributed by atoms with Crippen molar-refractivity contribution in [3.63, 3.8) is 0 Å². The summed E-state index contributed by atoms with van der Waals surface area (Å²) >= 11 is 0. The predicted octanol–water partition coefficient (Wildman–Crippen LogP) is -1.26. The molecule has 5 nitrogen and oxygen atoms in total. The van der Waals surface area contributed by atoms with Crippen LogP contribution in [0.5, 0.6) is 0 Å². The summed E-state index contributed by atoms with van der Waals surface area (Å²) in [5.41, 5.74) is 0. The molecule has 1 saturated heterocycles. The van der Waals surface area contributed by atoms with Crippen LogP contribution in [0.3, 0.4) is 0 Å². The minimum absolute atomic E-state index is 0.0162. The summed E-state index contributed by atoms with van der Waals surface area (Å²) in [4.78, 5) is 13.3. The molecule has 2 rings (SSSR count). The Morgan fingerprint density at radius 3 is 2.73 bits per heavy atom. The van der Waals surface area contributed by atoms with E-state index in [4.69, 9.17) is 10.0 Å². The molecule has 0 aromatic rings. The number of amides is 1. The number of nitrogens with zero attached hydrogens (tertiary/aromatic N) is 1. The zero-order chi connectivity index (χ0) is 10.8. The van der Waals surface area contributed by atoms with Crippen molar-refractivity contribution in [3.8, 4) is 0 Å². The van der Waals surface area contributed by atoms with Crippen molar-refractivity contribution in [2.45, 2.75) is 37.7 Å². The summed E-state index contributed by atoms with van der Waals surface area (Å²) in [6.07, 6.45) is 3.85. The fraction of sp³-hybridized carbons (Fsp3) is 0.889. The van der Waals surface area contributed by atoms with E-state index in [0.29, 0.717) is 25.6 Å². The average molecular weight is 212 g/mol. The van der Waals surface area contributed by atoms with Gasteiger partial charge in [-0.25, -0.2) is 0 Å². The van der Waals surface area contributed by atoms with Gasteiger partial charge < -0.3 is 20.3 Å². The van der Waals surface area contributed by atoms with Gasteiger partial charge in [-0.15, -0.1) is 0 Å². The molecule has 1 amide bonds. The number of likely N-dealkylation sites (tertiary alicyclic amines) is 1. The molecular weight excluding hydrogens is 195 g/mol. The molecule has 0 aromatic carbocycles. The Kier molecular flexibility index (Phi) is 3.28. The summed E-state index contributed by atoms with van der Waals surface area (Å²) in [5.74, 6) is -0.420. The predicted molar refractivity (Wildman–Crippen MR) is 56.0 cm³/mol. The SMILES string of the molecule is O=C(CNC1CC1)N1CCCC1B(O)O. The van der Waals surface area contributed by atoms with Gasteiger partial charge in [0.1, 0.15) is 0 Å². The Hall–Kier alpha value is -0.585. The highest BCUT2D eigenvalue weighted by Crippen LogP contribution is 2.20. The third-order valence-electron chi connectivity index (χ3n) is 3.08. The maximum atomic E-state index is 11.7. The molecular formula is C9H17BN2O3. The van der Waals surface area contributed by atoms with E-state index in [9.17, 15) is 4.79 Å². The first-order chi connectivity index (χ1) is 7.18. The lowest BCUT2D eigenvalue weighted by atomic mass is 9.78. The lowest BCUT2D eigenvalue weighted by molar-refractivity contribution is -0.130. The molecule has 0 radical (unpaired) electrons. The van der Waals surface area contributed by atoms with Crippen molar-refractivity contribution in [3.05, 3.63) is 0 Å². The molecule has 1 atom stereocenters. The lowest BCUT2D eigenvalue weighted by Gasteiger charge is -2.24. The smallest absolute Gasteiger partial charge is 0.426 e. The van der Waals surface area contributed by atoms with Gasteiger partial charge in [-0.05, 0) is 25.7 Å². The number of carbonyl (C=O) groups excluding carboxylic acids is 1. The lowest BCUT2D eigenvalue weighted by Crippen LogP contribution is -2.48. The van der Waals surface area contributed by atoms with Gasteiger partial charge in [-0.1, -0.05) is 0 Å². The molecule has 3 N–H and O–H groups in total. The molecule has 1 aliphatic carbocycles. The van der Waals surface area contributed by atoms with Gasteiger partial charge in [-0.2, -0.15) is 0 Å². The minimum atomic E-state index is -1.41. The summed E-state index contributed by atoms with van der Waals surface area (Å²) in [6.45, 7) is 0.974. The third kappa shape index (κ3) is 2.71. The highest BCUT2D eigenvalue weighted by Gasteiger charge is 2.36. The molecule has 6 heteroatoms. The van der Waals surface area contributed by atoms with Crippen molar-refractivity contribution < 1.29 is 14.8 Å². The molecule has 2 aliphatic rings. The molecule has 0 spiro atoms. The zero-order valence-electron chi connectivity index (χ0n) is 8.72. The van der Waals surface area contributed by atoms with Crippen molar-refractivity contribution in [1.29, 1.82) is 0 Å². The molecule has 0 bridgehead atoms. The first-order valence-corrected chi connectivity index (χ1v) is 5.57. The fourth-order valence-electron chi connectivity index (χ4n) is 2.03. The van der Waals surface area contributed by atoms with Gasteiger partial charge in [0.15, 0.2) is 0 Å². The standard InChI is InChI=1S/C9H17BN2O3/c13-9(6-11-7-3-4-7)12-5-1-2-8(12)10(14)15/h7-8,11,14-15H,1-6H2. The van der Waals surface area contributed by atoms with Crippen LogP contribution in [-0.2, 0) is 4.79 Å². The van der Waals surface area contributed by atoms with Crippen LogP contribution >= 0.6 is 0 Å². The van der Waals surface area contributed by atoms with Gasteiger partial charge in [0.2, 0.25) is 5.91 Å². The van der Waals surface area contributed by atoms with Gasteiger partial charge in [0.25, 0.3) is 0 Å². The van der Waals surface area contributed by atoms with E-state index in [1.807, 2.05) is 0 Å². The molecule has 2 fully saturated rings. The van der Waals surface area contributed by atoms with Crippen LogP contribution in [0.25, 0.3) is 0 Å². The van der Waals surface area contributed by atoms with Crippen molar-refractivity contribution in [2.24, 2.45) is 0 Å². The number of hydrogen-bond donors (Lipinski definition) is 3. The number of rotatable bonds is 4. The van der Waals surface area contributed by atoms with E-state index < -0.39 is 13.1 Å². The molecule has 1 heterocycles. The molecule has 1 aliphatic heterocycles. The second kappa shape index (κ2) is 4.51. The van der Waals surface area contributed by atoms with Crippen molar-refractivity contribution in [1.82, 2.24) is 10.2 Å². The van der Waals surface area contributed by atoms with E-state index in [-0.39, 0.29) is 5.91 Å². The minimum Gasteiger partial charge on any atom is -0.426 e. The highest BCUT2D eigenvalue weighted by molar-refractivity contribution is 6.43. The number of carbonyl (C=O) groups is 1. The van der Waals surface area contributed by atoms with Crippen molar-refractivity contribution in [2.75, 3.05) is 13.1 Å². The number of hydrogen-bond acceptors (Lipinski definition) is 4. The molecule has 84 valence electrons. The van der Waals surface area contributed by atoms with Gasteiger partial charge in [-0.3, -0.25) is 4.79 Å². The van der Waals surface area contributed by atoms with Crippen LogP contribution in [0.4, 0.5) is 0 Å². The average Bonchev–Trinajstić information content (AvgIpc) is 2.88. The monoisotopic (exact) mass is 212 g/mol. The summed E-state index contributed by atoms with van der Waals surface area (Å²) < 4.78 is 0. The largest absolute Gasteiger partial charge is 0.475 e. The maximum absolute atomic E-state index is 11.7. The second-order valence-corrected chi connectivity index (χ2v) is 4.37. The molecule has 0 aromatic heterocycles. The third-order valence-corrected chi connectivity index (χ3v) is 3.08. The summed E-state index contributed by atoms with van der Waals surface area (Å²) in [7, 11) is -1.41. The van der Waals surface area contributed by atoms with Gasteiger partial charge in [0.05, 0.1) is 12.5 Å². The maximum Gasteiger partial charge on any atom is 0.475 e. The normalized spacial score (nSPS) is 25.7. The molecule has 1 unspecified atom stereocenters.